The summed E-state index contributed by atoms with van der Waals surface area (Å²) >= 11 is 0. The van der Waals surface area contributed by atoms with Crippen molar-refractivity contribution in [3.63, 3.8) is 0 Å². The molecular formula is C11H15NO3. The van der Waals surface area contributed by atoms with E-state index in [1.54, 1.807) is 13.2 Å². The van der Waals surface area contributed by atoms with Gasteiger partial charge in [-0.1, -0.05) is 0 Å². The predicted octanol–water partition coefficient (Wildman–Crippen LogP) is 1.67. The third-order valence-corrected chi connectivity index (χ3v) is 1.80. The summed E-state index contributed by atoms with van der Waals surface area (Å²) in [4.78, 5) is 10.5. The van der Waals surface area contributed by atoms with Gasteiger partial charge in [0.25, 0.3) is 0 Å². The topological polar surface area (TPSA) is 40.5 Å². The van der Waals surface area contributed by atoms with Crippen molar-refractivity contribution in [3.05, 3.63) is 30.1 Å². The Hall–Kier alpha value is -1.55. The summed E-state index contributed by atoms with van der Waals surface area (Å²) in [5.74, 6) is -0.271. The molecule has 0 aliphatic carbocycles. The van der Waals surface area contributed by atoms with Gasteiger partial charge in [0.1, 0.15) is 13.3 Å². The van der Waals surface area contributed by atoms with Crippen LogP contribution in [0.3, 0.4) is 0 Å². The van der Waals surface area contributed by atoms with Crippen molar-refractivity contribution < 1.29 is 14.3 Å². The Morgan fingerprint density at radius 2 is 2.40 bits per heavy atom. The minimum atomic E-state index is -0.271. The normalized spacial score (nSPS) is 10.8. The van der Waals surface area contributed by atoms with Crippen LogP contribution in [0.4, 0.5) is 0 Å². The quantitative estimate of drug-likeness (QED) is 0.692. The van der Waals surface area contributed by atoms with E-state index in [0.717, 1.165) is 5.69 Å². The maximum Gasteiger partial charge on any atom is 0.302 e. The van der Waals surface area contributed by atoms with Crippen LogP contribution in [0.15, 0.2) is 24.4 Å². The number of carbonyl (C=O) groups excluding carboxylic acids is 1. The first-order valence-corrected chi connectivity index (χ1v) is 4.68. The average Bonchev–Trinajstić information content (AvgIpc) is 2.61. The Kier molecular flexibility index (Phi) is 4.63. The van der Waals surface area contributed by atoms with Crippen LogP contribution in [0, 0.1) is 0 Å². The molecule has 0 amide bonds. The summed E-state index contributed by atoms with van der Waals surface area (Å²) in [6.45, 7) is 2.20. The monoisotopic (exact) mass is 209 g/mol. The lowest BCUT2D eigenvalue weighted by Crippen LogP contribution is -2.00. The Balaban J connectivity index is 2.48. The lowest BCUT2D eigenvalue weighted by atomic mass is 10.4. The van der Waals surface area contributed by atoms with Gasteiger partial charge in [0.2, 0.25) is 0 Å². The van der Waals surface area contributed by atoms with Crippen LogP contribution in [0.25, 0.3) is 6.08 Å². The highest BCUT2D eigenvalue weighted by Crippen LogP contribution is 2.04. The molecule has 0 aliphatic rings. The first-order valence-electron chi connectivity index (χ1n) is 4.68. The Morgan fingerprint density at radius 3 is 3.07 bits per heavy atom. The number of carbonyl (C=O) groups is 1. The summed E-state index contributed by atoms with van der Waals surface area (Å²) in [6, 6.07) is 3.90. The molecule has 0 saturated carbocycles. The summed E-state index contributed by atoms with van der Waals surface area (Å²) < 4.78 is 11.7. The van der Waals surface area contributed by atoms with E-state index in [1.807, 2.05) is 29.0 Å². The SMILES string of the molecule is COCn1cccc1/C=C/COC(C)=O. The zero-order valence-electron chi connectivity index (χ0n) is 8.97. The minimum Gasteiger partial charge on any atom is -0.462 e. The Morgan fingerprint density at radius 1 is 1.60 bits per heavy atom. The van der Waals surface area contributed by atoms with Crippen molar-refractivity contribution in [2.75, 3.05) is 13.7 Å². The van der Waals surface area contributed by atoms with Gasteiger partial charge in [-0.25, -0.2) is 0 Å². The van der Waals surface area contributed by atoms with Gasteiger partial charge >= 0.3 is 5.97 Å². The second kappa shape index (κ2) is 6.03. The zero-order chi connectivity index (χ0) is 11.1. The fraction of sp³-hybridized carbons (Fsp3) is 0.364. The molecule has 4 nitrogen and oxygen atoms in total. The molecule has 0 fully saturated rings. The molecule has 0 aliphatic heterocycles. The molecule has 15 heavy (non-hydrogen) atoms. The van der Waals surface area contributed by atoms with Crippen molar-refractivity contribution in [3.8, 4) is 0 Å². The molecule has 0 N–H and O–H groups in total. The maximum atomic E-state index is 10.5. The molecule has 4 heteroatoms. The number of ether oxygens (including phenoxy) is 2. The van der Waals surface area contributed by atoms with Crippen molar-refractivity contribution in [2.45, 2.75) is 13.7 Å². The van der Waals surface area contributed by atoms with Gasteiger partial charge in [0.05, 0.1) is 0 Å². The zero-order valence-corrected chi connectivity index (χ0v) is 8.97. The molecular weight excluding hydrogens is 194 g/mol. The average molecular weight is 209 g/mol. The van der Waals surface area contributed by atoms with Crippen LogP contribution in [0.2, 0.25) is 0 Å². The molecule has 1 rings (SSSR count). The fourth-order valence-corrected chi connectivity index (χ4v) is 1.17. The molecule has 0 bridgehead atoms. The number of aromatic nitrogens is 1. The number of rotatable bonds is 5. The summed E-state index contributed by atoms with van der Waals surface area (Å²) in [5.41, 5.74) is 1.02. The standard InChI is InChI=1S/C11H15NO3/c1-10(13)15-8-4-6-11-5-3-7-12(11)9-14-2/h3-7H,8-9H2,1-2H3/b6-4+. The van der Waals surface area contributed by atoms with E-state index in [4.69, 9.17) is 9.47 Å². The molecule has 0 spiro atoms. The molecule has 82 valence electrons. The predicted molar refractivity (Wildman–Crippen MR) is 57.1 cm³/mol. The van der Waals surface area contributed by atoms with Crippen LogP contribution in [-0.2, 0) is 21.0 Å². The number of hydrogen-bond donors (Lipinski definition) is 0. The molecule has 1 aromatic rings. The highest BCUT2D eigenvalue weighted by atomic mass is 16.5. The van der Waals surface area contributed by atoms with Gasteiger partial charge in [-0.15, -0.1) is 0 Å². The maximum absolute atomic E-state index is 10.5. The third-order valence-electron chi connectivity index (χ3n) is 1.80. The lowest BCUT2D eigenvalue weighted by molar-refractivity contribution is -0.139. The smallest absolute Gasteiger partial charge is 0.302 e. The van der Waals surface area contributed by atoms with Crippen molar-refractivity contribution >= 4 is 12.0 Å². The molecule has 0 saturated heterocycles. The van der Waals surface area contributed by atoms with Crippen LogP contribution in [0.5, 0.6) is 0 Å². The Bertz CT molecular complexity index is 341. The minimum absolute atomic E-state index is 0.271. The first-order chi connectivity index (χ1) is 7.24. The number of nitrogens with zero attached hydrogens (tertiary/aromatic N) is 1. The van der Waals surface area contributed by atoms with Crippen LogP contribution < -0.4 is 0 Å². The van der Waals surface area contributed by atoms with Gasteiger partial charge in [0, 0.05) is 25.9 Å². The van der Waals surface area contributed by atoms with Crippen molar-refractivity contribution in [1.29, 1.82) is 0 Å². The number of methoxy groups -OCH3 is 1. The summed E-state index contributed by atoms with van der Waals surface area (Å²) in [6.07, 6.45) is 5.61. The first kappa shape index (κ1) is 11.5. The summed E-state index contributed by atoms with van der Waals surface area (Å²) in [5, 5.41) is 0. The number of esters is 1. The molecule has 1 heterocycles. The van der Waals surface area contributed by atoms with Gasteiger partial charge in [-0.05, 0) is 24.3 Å². The third kappa shape index (κ3) is 3.99. The largest absolute Gasteiger partial charge is 0.462 e. The fourth-order valence-electron chi connectivity index (χ4n) is 1.17. The van der Waals surface area contributed by atoms with E-state index in [-0.39, 0.29) is 5.97 Å². The van der Waals surface area contributed by atoms with Crippen molar-refractivity contribution in [1.82, 2.24) is 4.57 Å². The van der Waals surface area contributed by atoms with E-state index in [0.29, 0.717) is 13.3 Å². The van der Waals surface area contributed by atoms with E-state index >= 15 is 0 Å². The highest BCUT2D eigenvalue weighted by molar-refractivity contribution is 5.66. The summed E-state index contributed by atoms with van der Waals surface area (Å²) in [7, 11) is 1.65. The molecule has 0 aromatic carbocycles. The van der Waals surface area contributed by atoms with E-state index in [9.17, 15) is 4.79 Å². The molecule has 0 unspecified atom stereocenters. The van der Waals surface area contributed by atoms with Gasteiger partial charge in [-0.2, -0.15) is 0 Å². The van der Waals surface area contributed by atoms with E-state index in [1.165, 1.54) is 6.92 Å². The van der Waals surface area contributed by atoms with Gasteiger partial charge in [-0.3, -0.25) is 4.79 Å². The molecule has 1 aromatic heterocycles. The lowest BCUT2D eigenvalue weighted by Gasteiger charge is -2.03. The second-order valence-corrected chi connectivity index (χ2v) is 3.03. The van der Waals surface area contributed by atoms with E-state index in [2.05, 4.69) is 0 Å². The van der Waals surface area contributed by atoms with Crippen LogP contribution >= 0.6 is 0 Å². The number of hydrogen-bond acceptors (Lipinski definition) is 3. The van der Waals surface area contributed by atoms with Crippen LogP contribution in [0.1, 0.15) is 12.6 Å². The Labute approximate surface area is 89.1 Å². The van der Waals surface area contributed by atoms with Crippen molar-refractivity contribution in [2.24, 2.45) is 0 Å². The second-order valence-electron chi connectivity index (χ2n) is 3.03. The van der Waals surface area contributed by atoms with Gasteiger partial charge < -0.3 is 14.0 Å². The van der Waals surface area contributed by atoms with E-state index < -0.39 is 0 Å². The molecule has 0 radical (unpaired) electrons. The molecule has 0 atom stereocenters. The highest BCUT2D eigenvalue weighted by Gasteiger charge is 1.95. The van der Waals surface area contributed by atoms with Crippen LogP contribution in [-0.4, -0.2) is 24.3 Å². The van der Waals surface area contributed by atoms with Gasteiger partial charge in [0.15, 0.2) is 0 Å².